The normalized spacial score (nSPS) is 25.7. The molecule has 5 heterocycles. The Kier molecular flexibility index (Phi) is 6.26. The second-order valence-corrected chi connectivity index (χ2v) is 9.95. The minimum atomic E-state index is -0.304. The van der Waals surface area contributed by atoms with Crippen molar-refractivity contribution in [1.82, 2.24) is 25.3 Å². The lowest BCUT2D eigenvalue weighted by Crippen LogP contribution is -2.38. The Labute approximate surface area is 209 Å². The summed E-state index contributed by atoms with van der Waals surface area (Å²) in [5, 5.41) is 3.07. The third-order valence-corrected chi connectivity index (χ3v) is 7.49. The highest BCUT2D eigenvalue weighted by Gasteiger charge is 2.55. The zero-order valence-corrected chi connectivity index (χ0v) is 20.6. The summed E-state index contributed by atoms with van der Waals surface area (Å²) >= 11 is 0. The number of amides is 1. The SMILES string of the molecule is COC[C@@H](C)Oc1nc(C(=O)NC2[C@H]3COC[C@@H]23)nc(N2CCC(C3=NCc4ncccc43)CC2)n1. The topological polar surface area (TPSA) is 124 Å². The van der Waals surface area contributed by atoms with Gasteiger partial charge in [0.25, 0.3) is 5.91 Å². The van der Waals surface area contributed by atoms with E-state index in [1.165, 1.54) is 5.56 Å². The van der Waals surface area contributed by atoms with Crippen LogP contribution in [0, 0.1) is 17.8 Å². The first-order valence-electron chi connectivity index (χ1n) is 12.6. The molecule has 3 aliphatic heterocycles. The van der Waals surface area contributed by atoms with Gasteiger partial charge in [0.2, 0.25) is 11.8 Å². The van der Waals surface area contributed by atoms with Crippen LogP contribution in [0.15, 0.2) is 23.3 Å². The zero-order chi connectivity index (χ0) is 24.6. The van der Waals surface area contributed by atoms with Crippen LogP contribution in [0.3, 0.4) is 0 Å². The second-order valence-electron chi connectivity index (χ2n) is 9.95. The molecule has 36 heavy (non-hydrogen) atoms. The number of nitrogens with one attached hydrogen (secondary N) is 1. The van der Waals surface area contributed by atoms with E-state index in [9.17, 15) is 4.79 Å². The Morgan fingerprint density at radius 3 is 2.81 bits per heavy atom. The van der Waals surface area contributed by atoms with Crippen LogP contribution in [-0.2, 0) is 16.0 Å². The zero-order valence-electron chi connectivity index (χ0n) is 20.6. The molecule has 2 aromatic rings. The number of pyridine rings is 1. The summed E-state index contributed by atoms with van der Waals surface area (Å²) < 4.78 is 16.5. The molecule has 2 aromatic heterocycles. The Morgan fingerprint density at radius 1 is 1.22 bits per heavy atom. The van der Waals surface area contributed by atoms with Crippen molar-refractivity contribution in [3.63, 3.8) is 0 Å². The summed E-state index contributed by atoms with van der Waals surface area (Å²) in [5.74, 6) is 1.39. The van der Waals surface area contributed by atoms with Gasteiger partial charge in [0.1, 0.15) is 6.10 Å². The van der Waals surface area contributed by atoms with Crippen molar-refractivity contribution < 1.29 is 19.0 Å². The van der Waals surface area contributed by atoms with E-state index in [0.717, 1.165) is 37.3 Å². The highest BCUT2D eigenvalue weighted by Crippen LogP contribution is 2.44. The van der Waals surface area contributed by atoms with Crippen molar-refractivity contribution in [1.29, 1.82) is 0 Å². The van der Waals surface area contributed by atoms with E-state index < -0.39 is 0 Å². The Morgan fingerprint density at radius 2 is 2.03 bits per heavy atom. The molecule has 2 saturated heterocycles. The molecular formula is C25H31N7O4. The minimum absolute atomic E-state index is 0.0767. The molecule has 11 heteroatoms. The fraction of sp³-hybridized carbons (Fsp3) is 0.600. The van der Waals surface area contributed by atoms with Crippen LogP contribution < -0.4 is 15.0 Å². The number of ether oxygens (including phenoxy) is 3. The number of hydrogen-bond donors (Lipinski definition) is 1. The second kappa shape index (κ2) is 9.70. The van der Waals surface area contributed by atoms with Gasteiger partial charge in [-0.05, 0) is 31.9 Å². The molecule has 3 fully saturated rings. The lowest BCUT2D eigenvalue weighted by atomic mass is 9.88. The highest BCUT2D eigenvalue weighted by atomic mass is 16.5. The lowest BCUT2D eigenvalue weighted by molar-refractivity contribution is 0.0835. The monoisotopic (exact) mass is 493 g/mol. The van der Waals surface area contributed by atoms with Gasteiger partial charge in [-0.15, -0.1) is 0 Å². The number of anilines is 1. The van der Waals surface area contributed by atoms with Crippen molar-refractivity contribution in [3.05, 3.63) is 35.4 Å². The third kappa shape index (κ3) is 4.53. The van der Waals surface area contributed by atoms with Crippen LogP contribution in [-0.4, -0.2) is 83.7 Å². The number of carbonyl (C=O) groups is 1. The van der Waals surface area contributed by atoms with Crippen LogP contribution >= 0.6 is 0 Å². The summed E-state index contributed by atoms with van der Waals surface area (Å²) in [5.41, 5.74) is 3.39. The predicted octanol–water partition coefficient (Wildman–Crippen LogP) is 1.27. The lowest BCUT2D eigenvalue weighted by Gasteiger charge is -2.32. The molecular weight excluding hydrogens is 462 g/mol. The van der Waals surface area contributed by atoms with Gasteiger partial charge in [-0.25, -0.2) is 0 Å². The van der Waals surface area contributed by atoms with E-state index in [1.807, 2.05) is 19.2 Å². The van der Waals surface area contributed by atoms with E-state index in [2.05, 4.69) is 36.2 Å². The number of methoxy groups -OCH3 is 1. The van der Waals surface area contributed by atoms with Gasteiger partial charge in [0.05, 0.1) is 32.1 Å². The molecule has 0 bridgehead atoms. The number of rotatable bonds is 8. The van der Waals surface area contributed by atoms with Gasteiger partial charge >= 0.3 is 6.01 Å². The van der Waals surface area contributed by atoms with Gasteiger partial charge in [0.15, 0.2) is 0 Å². The fourth-order valence-corrected chi connectivity index (χ4v) is 5.50. The molecule has 1 amide bonds. The average Bonchev–Trinajstić information content (AvgIpc) is 3.23. The Balaban J connectivity index is 1.17. The molecule has 1 aliphatic carbocycles. The Hall–Kier alpha value is -3.18. The smallest absolute Gasteiger partial charge is 0.322 e. The number of fused-ring (bicyclic) bond motifs is 2. The number of aliphatic imine (C=N–C) groups is 1. The first-order valence-corrected chi connectivity index (χ1v) is 12.6. The molecule has 0 radical (unpaired) electrons. The standard InChI is InChI=1S/C25H31N7O4/c1-14(11-34-2)36-25-30-22(23(33)28-21-17-12-35-13-18(17)21)29-24(31-25)32-8-5-15(6-9-32)20-16-4-3-7-26-19(16)10-27-20/h3-4,7,14-15,17-18,21H,5-6,8-13H2,1-2H3,(H,28,33)/t14-,17-,18+,21?/m1/s1. The van der Waals surface area contributed by atoms with Crippen molar-refractivity contribution in [2.24, 2.45) is 22.7 Å². The van der Waals surface area contributed by atoms with Gasteiger partial charge in [-0.1, -0.05) is 0 Å². The summed E-state index contributed by atoms with van der Waals surface area (Å²) in [6, 6.07) is 4.35. The van der Waals surface area contributed by atoms with Crippen molar-refractivity contribution in [2.75, 3.05) is 44.9 Å². The Bertz CT molecular complexity index is 1160. The van der Waals surface area contributed by atoms with Gasteiger partial charge in [0, 0.05) is 61.5 Å². The number of carbonyl (C=O) groups excluding carboxylic acids is 1. The van der Waals surface area contributed by atoms with E-state index in [4.69, 9.17) is 19.2 Å². The largest absolute Gasteiger partial charge is 0.458 e. The average molecular weight is 494 g/mol. The van der Waals surface area contributed by atoms with Crippen LogP contribution in [0.2, 0.25) is 0 Å². The molecule has 1 saturated carbocycles. The van der Waals surface area contributed by atoms with Gasteiger partial charge < -0.3 is 24.4 Å². The quantitative estimate of drug-likeness (QED) is 0.579. The maximum Gasteiger partial charge on any atom is 0.322 e. The molecule has 1 N–H and O–H groups in total. The molecule has 1 unspecified atom stereocenters. The van der Waals surface area contributed by atoms with Gasteiger partial charge in [-0.2, -0.15) is 15.0 Å². The van der Waals surface area contributed by atoms with E-state index in [-0.39, 0.29) is 29.9 Å². The minimum Gasteiger partial charge on any atom is -0.458 e. The number of aromatic nitrogens is 4. The van der Waals surface area contributed by atoms with E-state index >= 15 is 0 Å². The number of nitrogens with zero attached hydrogens (tertiary/aromatic N) is 6. The molecule has 11 nitrogen and oxygen atoms in total. The van der Waals surface area contributed by atoms with Crippen LogP contribution in [0.5, 0.6) is 6.01 Å². The van der Waals surface area contributed by atoms with E-state index in [0.29, 0.717) is 50.1 Å². The maximum absolute atomic E-state index is 13.0. The summed E-state index contributed by atoms with van der Waals surface area (Å²) in [4.78, 5) is 37.8. The van der Waals surface area contributed by atoms with Crippen LogP contribution in [0.1, 0.15) is 41.6 Å². The molecule has 6 rings (SSSR count). The van der Waals surface area contributed by atoms with Crippen molar-refractivity contribution in [3.8, 4) is 6.01 Å². The summed E-state index contributed by atoms with van der Waals surface area (Å²) in [7, 11) is 1.61. The third-order valence-electron chi connectivity index (χ3n) is 7.49. The molecule has 4 aliphatic rings. The molecule has 0 aromatic carbocycles. The number of piperidine rings is 1. The fourth-order valence-electron chi connectivity index (χ4n) is 5.50. The van der Waals surface area contributed by atoms with Crippen molar-refractivity contribution in [2.45, 2.75) is 38.5 Å². The maximum atomic E-state index is 13.0. The van der Waals surface area contributed by atoms with Crippen LogP contribution in [0.4, 0.5) is 5.95 Å². The predicted molar refractivity (Wildman–Crippen MR) is 130 cm³/mol. The highest BCUT2D eigenvalue weighted by molar-refractivity contribution is 6.04. The van der Waals surface area contributed by atoms with Gasteiger partial charge in [-0.3, -0.25) is 14.8 Å². The van der Waals surface area contributed by atoms with Crippen LogP contribution in [0.25, 0.3) is 0 Å². The van der Waals surface area contributed by atoms with E-state index in [1.54, 1.807) is 7.11 Å². The van der Waals surface area contributed by atoms with Crippen molar-refractivity contribution >= 4 is 17.6 Å². The number of hydrogen-bond acceptors (Lipinski definition) is 10. The molecule has 0 spiro atoms. The summed E-state index contributed by atoms with van der Waals surface area (Å²) in [6.45, 7) is 5.82. The first kappa shape index (κ1) is 23.2. The molecule has 190 valence electrons. The summed E-state index contributed by atoms with van der Waals surface area (Å²) in [6.07, 6.45) is 3.40. The first-order chi connectivity index (χ1) is 17.6. The molecule has 4 atom stereocenters.